The monoisotopic (exact) mass is 485 g/mol. The normalized spacial score (nSPS) is 16.8. The van der Waals surface area contributed by atoms with E-state index in [2.05, 4.69) is 17.0 Å². The number of hydrogen-bond donors (Lipinski definition) is 0. The van der Waals surface area contributed by atoms with Gasteiger partial charge in [0, 0.05) is 19.6 Å². The van der Waals surface area contributed by atoms with Gasteiger partial charge in [-0.1, -0.05) is 30.3 Å². The van der Waals surface area contributed by atoms with Crippen LogP contribution in [0, 0.1) is 23.0 Å². The smallest absolute Gasteiger partial charge is 0.316 e. The molecule has 2 aromatic carbocycles. The lowest BCUT2D eigenvalue weighted by molar-refractivity contribution is -0.143. The summed E-state index contributed by atoms with van der Waals surface area (Å²) in [6.45, 7) is 7.50. The summed E-state index contributed by atoms with van der Waals surface area (Å²) in [6, 6.07) is 9.49. The van der Waals surface area contributed by atoms with Crippen LogP contribution in [0.4, 0.5) is 13.2 Å². The second kappa shape index (κ2) is 10.6. The van der Waals surface area contributed by atoms with E-state index in [0.717, 1.165) is 50.0 Å². The van der Waals surface area contributed by atoms with E-state index in [1.807, 2.05) is 18.2 Å². The van der Waals surface area contributed by atoms with Crippen molar-refractivity contribution in [2.75, 3.05) is 26.3 Å². The fourth-order valence-corrected chi connectivity index (χ4v) is 4.80. The average Bonchev–Trinajstić information content (AvgIpc) is 3.00. The van der Waals surface area contributed by atoms with E-state index >= 15 is 8.78 Å². The first-order valence-corrected chi connectivity index (χ1v) is 12.5. The first-order chi connectivity index (χ1) is 16.7. The topological polar surface area (TPSA) is 29.5 Å². The molecule has 35 heavy (non-hydrogen) atoms. The molecule has 2 aliphatic rings. The van der Waals surface area contributed by atoms with Gasteiger partial charge >= 0.3 is 5.97 Å². The van der Waals surface area contributed by atoms with Gasteiger partial charge in [0.2, 0.25) is 5.75 Å². The molecule has 1 aliphatic carbocycles. The molecule has 0 N–H and O–H groups in total. The Bertz CT molecular complexity index is 1100. The highest BCUT2D eigenvalue weighted by molar-refractivity contribution is 5.83. The second-order valence-electron chi connectivity index (χ2n) is 10.7. The number of halogens is 3. The average molecular weight is 486 g/mol. The zero-order valence-electron chi connectivity index (χ0n) is 20.8. The molecule has 1 fully saturated rings. The minimum atomic E-state index is -0.870. The van der Waals surface area contributed by atoms with Crippen LogP contribution in [-0.2, 0) is 17.6 Å². The van der Waals surface area contributed by atoms with Crippen LogP contribution in [-0.4, -0.2) is 37.2 Å². The number of carbonyl (C=O) groups is 1. The Labute approximate surface area is 206 Å². The molecule has 188 valence electrons. The number of benzene rings is 2. The van der Waals surface area contributed by atoms with E-state index in [1.165, 1.54) is 11.6 Å². The standard InChI is InChI=1S/C29H34F3NO2/c1-29(2,3)28(34)35-27-25(31)16-24-22(7-4-5-8-23(24)26(27)32)21-11-9-19(10-12-21)15-20-17-33(18-20)14-6-13-30/h7,9-12,16,20H,4-6,8,13-15,17-18H2,1-3H3. The molecule has 3 nitrogen and oxygen atoms in total. The molecule has 0 spiro atoms. The zero-order chi connectivity index (χ0) is 25.2. The van der Waals surface area contributed by atoms with Gasteiger partial charge in [-0.15, -0.1) is 0 Å². The number of allylic oxidation sites excluding steroid dienone is 1. The number of fused-ring (bicyclic) bond motifs is 1. The summed E-state index contributed by atoms with van der Waals surface area (Å²) < 4.78 is 47.9. The van der Waals surface area contributed by atoms with Crippen molar-refractivity contribution >= 4 is 11.5 Å². The molecule has 0 amide bonds. The Morgan fingerprint density at radius 3 is 2.51 bits per heavy atom. The van der Waals surface area contributed by atoms with Gasteiger partial charge in [-0.05, 0) is 92.7 Å². The van der Waals surface area contributed by atoms with E-state index in [9.17, 15) is 9.18 Å². The Kier molecular flexibility index (Phi) is 7.70. The molecule has 4 rings (SSSR count). The number of carbonyl (C=O) groups excluding carboxylic acids is 1. The predicted octanol–water partition coefficient (Wildman–Crippen LogP) is 6.52. The van der Waals surface area contributed by atoms with Crippen molar-refractivity contribution in [2.24, 2.45) is 11.3 Å². The van der Waals surface area contributed by atoms with E-state index in [1.54, 1.807) is 20.8 Å². The van der Waals surface area contributed by atoms with Gasteiger partial charge in [0.25, 0.3) is 0 Å². The third kappa shape index (κ3) is 5.80. The van der Waals surface area contributed by atoms with Crippen molar-refractivity contribution in [3.8, 4) is 5.75 Å². The molecule has 1 saturated heterocycles. The number of nitrogens with zero attached hydrogens (tertiary/aromatic N) is 1. The van der Waals surface area contributed by atoms with Crippen LogP contribution >= 0.6 is 0 Å². The summed E-state index contributed by atoms with van der Waals surface area (Å²) in [6.07, 6.45) is 5.52. The van der Waals surface area contributed by atoms with Crippen LogP contribution in [0.25, 0.3) is 5.57 Å². The minimum absolute atomic E-state index is 0.265. The minimum Gasteiger partial charge on any atom is -0.420 e. The maximum atomic E-state index is 15.4. The molecule has 6 heteroatoms. The SMILES string of the molecule is CC(C)(C)C(=O)Oc1c(F)cc2c(c1F)CCCC=C2c1ccc(CC2CN(CCCF)C2)cc1. The van der Waals surface area contributed by atoms with E-state index in [-0.39, 0.29) is 6.67 Å². The zero-order valence-corrected chi connectivity index (χ0v) is 20.8. The highest BCUT2D eigenvalue weighted by Gasteiger charge is 2.30. The predicted molar refractivity (Wildman–Crippen MR) is 132 cm³/mol. The molecule has 0 saturated carbocycles. The highest BCUT2D eigenvalue weighted by Crippen LogP contribution is 2.38. The molecule has 0 radical (unpaired) electrons. The molecule has 1 aliphatic heterocycles. The van der Waals surface area contributed by atoms with Gasteiger partial charge in [0.15, 0.2) is 11.6 Å². The first-order valence-electron chi connectivity index (χ1n) is 12.5. The Morgan fingerprint density at radius 2 is 1.86 bits per heavy atom. The lowest BCUT2D eigenvalue weighted by atomic mass is 9.89. The number of esters is 1. The maximum absolute atomic E-state index is 15.4. The number of likely N-dealkylation sites (tertiary alicyclic amines) is 1. The molecule has 0 unspecified atom stereocenters. The Balaban J connectivity index is 1.53. The van der Waals surface area contributed by atoms with Crippen molar-refractivity contribution in [3.05, 3.63) is 70.3 Å². The first kappa shape index (κ1) is 25.5. The highest BCUT2D eigenvalue weighted by atomic mass is 19.1. The van der Waals surface area contributed by atoms with Crippen molar-refractivity contribution in [1.29, 1.82) is 0 Å². The van der Waals surface area contributed by atoms with Gasteiger partial charge in [-0.25, -0.2) is 8.78 Å². The Hall–Kier alpha value is -2.60. The molecule has 0 aromatic heterocycles. The van der Waals surface area contributed by atoms with Crippen molar-refractivity contribution < 1.29 is 22.7 Å². The summed E-state index contributed by atoms with van der Waals surface area (Å²) in [4.78, 5) is 14.6. The largest absolute Gasteiger partial charge is 0.420 e. The van der Waals surface area contributed by atoms with Gasteiger partial charge in [-0.3, -0.25) is 9.18 Å². The second-order valence-corrected chi connectivity index (χ2v) is 10.7. The number of hydrogen-bond acceptors (Lipinski definition) is 3. The third-order valence-electron chi connectivity index (χ3n) is 6.78. The summed E-state index contributed by atoms with van der Waals surface area (Å²) >= 11 is 0. The molecule has 2 aromatic rings. The fourth-order valence-electron chi connectivity index (χ4n) is 4.80. The summed E-state index contributed by atoms with van der Waals surface area (Å²) in [5.41, 5.74) is 2.97. The summed E-state index contributed by atoms with van der Waals surface area (Å²) in [7, 11) is 0. The molecular formula is C29H34F3NO2. The van der Waals surface area contributed by atoms with E-state index in [4.69, 9.17) is 4.74 Å². The van der Waals surface area contributed by atoms with E-state index < -0.39 is 28.8 Å². The lowest BCUT2D eigenvalue weighted by Gasteiger charge is -2.39. The van der Waals surface area contributed by atoms with Crippen molar-refractivity contribution in [2.45, 2.75) is 52.9 Å². The molecular weight excluding hydrogens is 451 g/mol. The lowest BCUT2D eigenvalue weighted by Crippen LogP contribution is -2.47. The van der Waals surface area contributed by atoms with Gasteiger partial charge in [0.1, 0.15) is 0 Å². The van der Waals surface area contributed by atoms with Crippen LogP contribution in [0.2, 0.25) is 0 Å². The van der Waals surface area contributed by atoms with Gasteiger partial charge < -0.3 is 9.64 Å². The van der Waals surface area contributed by atoms with Crippen molar-refractivity contribution in [1.82, 2.24) is 4.90 Å². The molecule has 0 atom stereocenters. The molecule has 0 bridgehead atoms. The van der Waals surface area contributed by atoms with Gasteiger partial charge in [0.05, 0.1) is 12.1 Å². The quantitative estimate of drug-likeness (QED) is 0.330. The summed E-state index contributed by atoms with van der Waals surface area (Å²) in [5.74, 6) is -2.36. The maximum Gasteiger partial charge on any atom is 0.316 e. The summed E-state index contributed by atoms with van der Waals surface area (Å²) in [5, 5.41) is 0. The Morgan fingerprint density at radius 1 is 1.14 bits per heavy atom. The van der Waals surface area contributed by atoms with Crippen LogP contribution in [0.1, 0.15) is 62.3 Å². The van der Waals surface area contributed by atoms with Crippen LogP contribution in [0.5, 0.6) is 5.75 Å². The third-order valence-corrected chi connectivity index (χ3v) is 6.78. The van der Waals surface area contributed by atoms with E-state index in [0.29, 0.717) is 29.9 Å². The number of rotatable bonds is 7. The van der Waals surface area contributed by atoms with Crippen LogP contribution in [0.3, 0.4) is 0 Å². The number of alkyl halides is 1. The number of ether oxygens (including phenoxy) is 1. The van der Waals surface area contributed by atoms with Crippen LogP contribution < -0.4 is 4.74 Å². The molecule has 1 heterocycles. The van der Waals surface area contributed by atoms with Crippen LogP contribution in [0.15, 0.2) is 36.4 Å². The van der Waals surface area contributed by atoms with Crippen molar-refractivity contribution in [3.63, 3.8) is 0 Å². The fraction of sp³-hybridized carbons (Fsp3) is 0.483. The van der Waals surface area contributed by atoms with Gasteiger partial charge in [-0.2, -0.15) is 0 Å².